The molecule has 1 aromatic heterocycles. The molecule has 1 aliphatic rings. The zero-order valence-corrected chi connectivity index (χ0v) is 8.27. The van der Waals surface area contributed by atoms with Gasteiger partial charge in [-0.05, 0) is 23.3 Å². The number of nitrogens with zero attached hydrogens (tertiary/aromatic N) is 4. The van der Waals surface area contributed by atoms with E-state index in [0.29, 0.717) is 5.95 Å². The van der Waals surface area contributed by atoms with Crippen molar-refractivity contribution in [1.29, 1.82) is 0 Å². The molecule has 0 unspecified atom stereocenters. The minimum absolute atomic E-state index is 0.0615. The zero-order chi connectivity index (χ0) is 10.0. The number of aromatic nitrogens is 4. The highest BCUT2D eigenvalue weighted by Crippen LogP contribution is 2.40. The van der Waals surface area contributed by atoms with Crippen molar-refractivity contribution >= 4 is 5.95 Å². The van der Waals surface area contributed by atoms with Crippen LogP contribution in [0.5, 0.6) is 0 Å². The summed E-state index contributed by atoms with van der Waals surface area (Å²) < 4.78 is 1.59. The highest BCUT2D eigenvalue weighted by atomic mass is 16.3. The molecule has 0 bridgehead atoms. The van der Waals surface area contributed by atoms with Crippen molar-refractivity contribution in [1.82, 2.24) is 20.2 Å². The van der Waals surface area contributed by atoms with E-state index in [0.717, 1.165) is 19.4 Å². The predicted molar refractivity (Wildman–Crippen MR) is 50.7 cm³/mol. The molecule has 0 atom stereocenters. The van der Waals surface area contributed by atoms with Gasteiger partial charge < -0.3 is 10.4 Å². The Labute approximate surface area is 82.3 Å². The number of aliphatic hydroxyl groups excluding tert-OH is 1. The molecule has 0 radical (unpaired) electrons. The van der Waals surface area contributed by atoms with Crippen LogP contribution in [0.15, 0.2) is 0 Å². The maximum absolute atomic E-state index is 9.24. The molecule has 1 aromatic rings. The molecule has 1 aliphatic carbocycles. The van der Waals surface area contributed by atoms with Gasteiger partial charge in [-0.1, -0.05) is 11.5 Å². The van der Waals surface area contributed by atoms with E-state index in [1.807, 2.05) is 0 Å². The first-order chi connectivity index (χ1) is 6.76. The van der Waals surface area contributed by atoms with Crippen LogP contribution in [0.3, 0.4) is 0 Å². The van der Waals surface area contributed by atoms with E-state index in [2.05, 4.69) is 20.8 Å². The van der Waals surface area contributed by atoms with Gasteiger partial charge in [0.2, 0.25) is 5.95 Å². The van der Waals surface area contributed by atoms with Crippen LogP contribution >= 0.6 is 0 Å². The average Bonchev–Trinajstić information content (AvgIpc) is 2.51. The number of rotatable bonds is 4. The summed E-state index contributed by atoms with van der Waals surface area (Å²) in [5.74, 6) is 0.657. The quantitative estimate of drug-likeness (QED) is 0.698. The van der Waals surface area contributed by atoms with Gasteiger partial charge >= 0.3 is 0 Å². The second-order valence-corrected chi connectivity index (χ2v) is 3.99. The van der Waals surface area contributed by atoms with Gasteiger partial charge in [0.15, 0.2) is 0 Å². The van der Waals surface area contributed by atoms with Crippen LogP contribution in [-0.4, -0.2) is 38.5 Å². The molecule has 0 amide bonds. The smallest absolute Gasteiger partial charge is 0.242 e. The van der Waals surface area contributed by atoms with Crippen LogP contribution < -0.4 is 5.32 Å². The summed E-state index contributed by atoms with van der Waals surface area (Å²) in [5.41, 5.74) is 0.0615. The van der Waals surface area contributed by atoms with E-state index in [9.17, 15) is 5.11 Å². The Hall–Kier alpha value is -1.17. The first-order valence-electron chi connectivity index (χ1n) is 4.83. The van der Waals surface area contributed by atoms with Gasteiger partial charge in [0.25, 0.3) is 0 Å². The average molecular weight is 197 g/mol. The van der Waals surface area contributed by atoms with Crippen molar-refractivity contribution < 1.29 is 5.11 Å². The first kappa shape index (κ1) is 9.39. The number of hydrogen-bond donors (Lipinski definition) is 2. The fourth-order valence-electron chi connectivity index (χ4n) is 1.71. The van der Waals surface area contributed by atoms with E-state index in [-0.39, 0.29) is 12.0 Å². The van der Waals surface area contributed by atoms with Gasteiger partial charge in [-0.25, -0.2) is 4.68 Å². The molecule has 0 aliphatic heterocycles. The predicted octanol–water partition coefficient (Wildman–Crippen LogP) is -0.215. The Balaban J connectivity index is 1.90. The van der Waals surface area contributed by atoms with Crippen LogP contribution in [0.25, 0.3) is 0 Å². The van der Waals surface area contributed by atoms with Crippen LogP contribution in [0.2, 0.25) is 0 Å². The Morgan fingerprint density at radius 1 is 1.57 bits per heavy atom. The van der Waals surface area contributed by atoms with Crippen molar-refractivity contribution in [3.8, 4) is 0 Å². The molecule has 0 spiro atoms. The highest BCUT2D eigenvalue weighted by Gasteiger charge is 2.36. The molecule has 2 N–H and O–H groups in total. The number of aryl methyl sites for hydroxylation is 1. The maximum atomic E-state index is 9.24. The summed E-state index contributed by atoms with van der Waals surface area (Å²) in [4.78, 5) is 0. The van der Waals surface area contributed by atoms with Crippen LogP contribution in [0, 0.1) is 5.41 Å². The normalized spacial score (nSPS) is 19.0. The van der Waals surface area contributed by atoms with E-state index in [4.69, 9.17) is 0 Å². The maximum Gasteiger partial charge on any atom is 0.242 e. The molecule has 1 saturated carbocycles. The SMILES string of the molecule is Cn1nnnc1NCC1(CO)CCC1. The number of nitrogens with one attached hydrogen (secondary N) is 1. The van der Waals surface area contributed by atoms with Crippen molar-refractivity contribution in [2.24, 2.45) is 12.5 Å². The summed E-state index contributed by atoms with van der Waals surface area (Å²) in [6.07, 6.45) is 3.38. The van der Waals surface area contributed by atoms with E-state index in [1.54, 1.807) is 11.7 Å². The third kappa shape index (κ3) is 1.57. The van der Waals surface area contributed by atoms with Crippen molar-refractivity contribution in [3.05, 3.63) is 0 Å². The standard InChI is InChI=1S/C8H15N5O/c1-13-7(10-11-12-13)9-5-8(6-14)3-2-4-8/h14H,2-6H2,1H3,(H,9,10,12). The lowest BCUT2D eigenvalue weighted by atomic mass is 9.69. The fourth-order valence-corrected chi connectivity index (χ4v) is 1.71. The highest BCUT2D eigenvalue weighted by molar-refractivity contribution is 5.22. The lowest BCUT2D eigenvalue weighted by Gasteiger charge is -2.40. The number of hydrogen-bond acceptors (Lipinski definition) is 5. The fraction of sp³-hybridized carbons (Fsp3) is 0.875. The van der Waals surface area contributed by atoms with Crippen LogP contribution in [0.4, 0.5) is 5.95 Å². The van der Waals surface area contributed by atoms with E-state index >= 15 is 0 Å². The summed E-state index contributed by atoms with van der Waals surface area (Å²) >= 11 is 0. The Bertz CT molecular complexity index is 301. The summed E-state index contributed by atoms with van der Waals surface area (Å²) in [6, 6.07) is 0. The third-order valence-electron chi connectivity index (χ3n) is 2.99. The molecular weight excluding hydrogens is 182 g/mol. The number of anilines is 1. The molecule has 2 rings (SSSR count). The van der Waals surface area contributed by atoms with Crippen molar-refractivity contribution in [3.63, 3.8) is 0 Å². The Kier molecular flexibility index (Phi) is 2.37. The monoisotopic (exact) mass is 197 g/mol. The van der Waals surface area contributed by atoms with Gasteiger partial charge in [-0.3, -0.25) is 0 Å². The van der Waals surface area contributed by atoms with Gasteiger partial charge in [-0.2, -0.15) is 0 Å². The first-order valence-corrected chi connectivity index (χ1v) is 4.83. The minimum atomic E-state index is 0.0615. The Morgan fingerprint density at radius 3 is 2.79 bits per heavy atom. The molecule has 0 saturated heterocycles. The molecule has 1 fully saturated rings. The molecule has 0 aromatic carbocycles. The molecular formula is C8H15N5O. The number of tetrazole rings is 1. The van der Waals surface area contributed by atoms with Gasteiger partial charge in [0.05, 0.1) is 6.61 Å². The molecule has 6 nitrogen and oxygen atoms in total. The number of aliphatic hydroxyl groups is 1. The lowest BCUT2D eigenvalue weighted by molar-refractivity contribution is 0.0574. The Morgan fingerprint density at radius 2 is 2.36 bits per heavy atom. The van der Waals surface area contributed by atoms with Crippen LogP contribution in [0.1, 0.15) is 19.3 Å². The molecule has 14 heavy (non-hydrogen) atoms. The van der Waals surface area contributed by atoms with Crippen LogP contribution in [-0.2, 0) is 7.05 Å². The molecule has 1 heterocycles. The summed E-state index contributed by atoms with van der Waals surface area (Å²) in [6.45, 7) is 0.989. The lowest BCUT2D eigenvalue weighted by Crippen LogP contribution is -2.40. The third-order valence-corrected chi connectivity index (χ3v) is 2.99. The second-order valence-electron chi connectivity index (χ2n) is 3.99. The molecule has 6 heteroatoms. The largest absolute Gasteiger partial charge is 0.396 e. The topological polar surface area (TPSA) is 75.9 Å². The summed E-state index contributed by atoms with van der Waals surface area (Å²) in [7, 11) is 1.79. The van der Waals surface area contributed by atoms with Crippen molar-refractivity contribution in [2.75, 3.05) is 18.5 Å². The second kappa shape index (κ2) is 3.53. The van der Waals surface area contributed by atoms with Gasteiger partial charge in [0.1, 0.15) is 0 Å². The summed E-state index contributed by atoms with van der Waals surface area (Å²) in [5, 5.41) is 23.5. The zero-order valence-electron chi connectivity index (χ0n) is 8.27. The van der Waals surface area contributed by atoms with E-state index < -0.39 is 0 Å². The minimum Gasteiger partial charge on any atom is -0.396 e. The molecule has 78 valence electrons. The van der Waals surface area contributed by atoms with Gasteiger partial charge in [-0.15, -0.1) is 0 Å². The van der Waals surface area contributed by atoms with Gasteiger partial charge in [0, 0.05) is 19.0 Å². The van der Waals surface area contributed by atoms with E-state index in [1.165, 1.54) is 6.42 Å². The van der Waals surface area contributed by atoms with Crippen molar-refractivity contribution in [2.45, 2.75) is 19.3 Å².